The van der Waals surface area contributed by atoms with Crippen LogP contribution >= 0.6 is 24.2 Å². The monoisotopic (exact) mass is 770 g/mol. The number of ether oxygens (including phenoxy) is 2. The Morgan fingerprint density at radius 3 is 2.06 bits per heavy atom. The number of anilines is 2. The van der Waals surface area contributed by atoms with Crippen LogP contribution in [0.4, 0.5) is 11.9 Å². The number of aromatic nitrogens is 8. The first kappa shape index (κ1) is 36.5. The molecule has 9 atom stereocenters. The van der Waals surface area contributed by atoms with Gasteiger partial charge in [-0.3, -0.25) is 46.8 Å². The predicted octanol–water partition coefficient (Wildman–Crippen LogP) is -2.17. The molecule has 0 bridgehead atoms. The van der Waals surface area contributed by atoms with E-state index < -0.39 is 91.6 Å². The molecular formula is C21H29N10O16P3. The number of phosphoric acid groups is 2. The van der Waals surface area contributed by atoms with Gasteiger partial charge in [-0.1, -0.05) is 0 Å². The minimum absolute atomic E-state index is 0.0325. The number of rotatable bonds is 13. The van der Waals surface area contributed by atoms with Gasteiger partial charge in [-0.05, 0) is 0 Å². The van der Waals surface area contributed by atoms with E-state index in [0.717, 1.165) is 18.0 Å². The van der Waals surface area contributed by atoms with Crippen LogP contribution in [-0.2, 0) is 41.2 Å². The summed E-state index contributed by atoms with van der Waals surface area (Å²) in [5, 5.41) is 11.2. The summed E-state index contributed by atoms with van der Waals surface area (Å²) >= 11 is 0. The molecule has 2 saturated heterocycles. The van der Waals surface area contributed by atoms with Crippen LogP contribution in [0.5, 0.6) is 0 Å². The van der Waals surface area contributed by atoms with Crippen LogP contribution in [0.1, 0.15) is 18.9 Å². The number of nitrogens with one attached hydrogen (secondary N) is 2. The topological polar surface area (TPSA) is 379 Å². The molecule has 6 rings (SSSR count). The molecule has 0 spiro atoms. The Morgan fingerprint density at radius 1 is 0.940 bits per heavy atom. The maximum absolute atomic E-state index is 13.2. The van der Waals surface area contributed by atoms with E-state index >= 15 is 0 Å². The zero-order chi connectivity index (χ0) is 36.1. The summed E-state index contributed by atoms with van der Waals surface area (Å²) in [5.74, 6) is -0.541. The molecule has 11 N–H and O–H groups in total. The van der Waals surface area contributed by atoms with E-state index in [2.05, 4.69) is 34.4 Å². The van der Waals surface area contributed by atoms with Crippen molar-refractivity contribution in [2.75, 3.05) is 31.8 Å². The smallest absolute Gasteiger partial charge is 0.386 e. The number of imidazole rings is 2. The third-order valence-corrected chi connectivity index (χ3v) is 9.83. The summed E-state index contributed by atoms with van der Waals surface area (Å²) in [6.45, 7) is -1.50. The molecular weight excluding hydrogens is 741 g/mol. The van der Waals surface area contributed by atoms with Crippen LogP contribution in [0.2, 0.25) is 0 Å². The van der Waals surface area contributed by atoms with E-state index in [9.17, 15) is 43.4 Å². The maximum Gasteiger partial charge on any atom is 0.472 e. The largest absolute Gasteiger partial charge is 0.472 e. The van der Waals surface area contributed by atoms with Gasteiger partial charge in [-0.2, -0.15) is 9.97 Å². The van der Waals surface area contributed by atoms with Crippen LogP contribution in [0.15, 0.2) is 22.2 Å². The molecule has 0 aromatic carbocycles. The fraction of sp³-hybridized carbons (Fsp3) is 0.524. The molecule has 2 unspecified atom stereocenters. The number of aliphatic hydroxyl groups is 1. The van der Waals surface area contributed by atoms with Gasteiger partial charge in [0.1, 0.15) is 24.4 Å². The minimum Gasteiger partial charge on any atom is -0.386 e. The lowest BCUT2D eigenvalue weighted by Crippen LogP contribution is -2.36. The summed E-state index contributed by atoms with van der Waals surface area (Å²) in [6.07, 6.45) is -8.00. The van der Waals surface area contributed by atoms with Gasteiger partial charge >= 0.3 is 24.2 Å². The number of fused-ring (bicyclic) bond motifs is 2. The average molecular weight is 770 g/mol. The first-order valence-electron chi connectivity index (χ1n) is 14.0. The average Bonchev–Trinajstić information content (AvgIpc) is 3.80. The van der Waals surface area contributed by atoms with Crippen molar-refractivity contribution in [3.05, 3.63) is 33.4 Å². The van der Waals surface area contributed by atoms with Crippen LogP contribution in [0, 0.1) is 0 Å². The number of aromatic amines is 2. The zero-order valence-corrected chi connectivity index (χ0v) is 27.9. The third kappa shape index (κ3) is 7.50. The van der Waals surface area contributed by atoms with Crippen molar-refractivity contribution in [2.24, 2.45) is 0 Å². The SMILES string of the molecule is COP(=O)(O)OC[C@H]1O[C@@H](n2cnc3c(=O)[nH]c(N)nc32)[C@H](O)[C@@H]1OP(=O)(O)OC[C@@H]1C[C@@H](OP(O)O)[C@H](n2cnc3c(=O)[nH]c(N)nc32)O1. The Hall–Kier alpha value is -3.29. The van der Waals surface area contributed by atoms with Gasteiger partial charge in [0.25, 0.3) is 11.1 Å². The molecule has 26 nitrogen and oxygen atoms in total. The molecule has 29 heteroatoms. The normalized spacial score (nSPS) is 28.1. The predicted molar refractivity (Wildman–Crippen MR) is 163 cm³/mol. The Bertz CT molecular complexity index is 2090. The lowest BCUT2D eigenvalue weighted by atomic mass is 10.1. The Labute approximate surface area is 278 Å². The number of hydrogen-bond donors (Lipinski definition) is 9. The van der Waals surface area contributed by atoms with Crippen LogP contribution < -0.4 is 22.6 Å². The maximum atomic E-state index is 13.2. The summed E-state index contributed by atoms with van der Waals surface area (Å²) in [7, 11) is -11.8. The highest BCUT2D eigenvalue weighted by Crippen LogP contribution is 2.51. The molecule has 0 amide bonds. The van der Waals surface area contributed by atoms with Crippen molar-refractivity contribution in [1.29, 1.82) is 0 Å². The van der Waals surface area contributed by atoms with Crippen molar-refractivity contribution in [3.63, 3.8) is 0 Å². The molecule has 274 valence electrons. The Kier molecular flexibility index (Phi) is 10.2. The Morgan fingerprint density at radius 2 is 1.50 bits per heavy atom. The van der Waals surface area contributed by atoms with E-state index in [1.165, 1.54) is 10.9 Å². The lowest BCUT2D eigenvalue weighted by molar-refractivity contribution is -0.0544. The number of nitrogens with two attached hydrogens (primary N) is 2. The molecule has 4 aromatic heterocycles. The Balaban J connectivity index is 1.20. The second kappa shape index (κ2) is 14.0. The fourth-order valence-corrected chi connectivity index (χ4v) is 7.19. The van der Waals surface area contributed by atoms with Gasteiger partial charge in [0.2, 0.25) is 11.9 Å². The fourth-order valence-electron chi connectivity index (χ4n) is 5.34. The second-order valence-corrected chi connectivity index (χ2v) is 14.4. The molecule has 50 heavy (non-hydrogen) atoms. The van der Waals surface area contributed by atoms with Crippen molar-refractivity contribution in [2.45, 2.75) is 49.4 Å². The zero-order valence-electron chi connectivity index (χ0n) is 25.2. The second-order valence-electron chi connectivity index (χ2n) is 10.7. The molecule has 6 heterocycles. The first-order valence-corrected chi connectivity index (χ1v) is 18.2. The van der Waals surface area contributed by atoms with Gasteiger partial charge in [0.15, 0.2) is 34.8 Å². The van der Waals surface area contributed by atoms with E-state index in [-0.39, 0.29) is 40.6 Å². The minimum atomic E-state index is -5.17. The van der Waals surface area contributed by atoms with Gasteiger partial charge < -0.3 is 50.1 Å². The number of nitrogens with zero attached hydrogens (tertiary/aromatic N) is 6. The summed E-state index contributed by atoms with van der Waals surface area (Å²) in [6, 6.07) is 0. The van der Waals surface area contributed by atoms with E-state index in [1.54, 1.807) is 0 Å². The molecule has 2 aliphatic rings. The molecule has 0 saturated carbocycles. The standard InChI is InChI=1S/C21H29N10O16P3/c1-41-49(37,38)43-4-9-13(12(32)19(45-9)31-6-25-11-15(31)27-21(23)29-17(11)34)47-50(39,40)42-3-7-2-8(46-48(35)36)18(44-7)30-5-24-10-14(30)26-20(22)28-16(10)33/h5-9,12-13,18-19,32,35-36H,2-4H2,1H3,(H,37,38)(H,39,40)(H3,22,26,28,33)(H3,23,27,29,34)/t7-,8+,9+,12+,13+,18+,19+/m0/s1. The van der Waals surface area contributed by atoms with Crippen LogP contribution in [0.25, 0.3) is 22.3 Å². The van der Waals surface area contributed by atoms with Crippen molar-refractivity contribution in [1.82, 2.24) is 39.0 Å². The van der Waals surface area contributed by atoms with E-state index in [1.807, 2.05) is 0 Å². The number of H-pyrrole nitrogens is 2. The van der Waals surface area contributed by atoms with Crippen LogP contribution in [-0.4, -0.2) is 115 Å². The number of aliphatic hydroxyl groups excluding tert-OH is 1. The van der Waals surface area contributed by atoms with E-state index in [4.69, 9.17) is 39.0 Å². The summed E-state index contributed by atoms with van der Waals surface area (Å²) in [5.41, 5.74) is 9.44. The highest BCUT2D eigenvalue weighted by Gasteiger charge is 2.50. The lowest BCUT2D eigenvalue weighted by Gasteiger charge is -2.24. The quantitative estimate of drug-likeness (QED) is 0.0653. The van der Waals surface area contributed by atoms with Gasteiger partial charge in [0, 0.05) is 13.5 Å². The summed E-state index contributed by atoms with van der Waals surface area (Å²) < 4.78 is 64.1. The molecule has 4 aromatic rings. The highest BCUT2D eigenvalue weighted by atomic mass is 31.2. The van der Waals surface area contributed by atoms with Crippen molar-refractivity contribution in [3.8, 4) is 0 Å². The van der Waals surface area contributed by atoms with Gasteiger partial charge in [0.05, 0.1) is 32.0 Å². The van der Waals surface area contributed by atoms with E-state index in [0.29, 0.717) is 0 Å². The van der Waals surface area contributed by atoms with Crippen LogP contribution in [0.3, 0.4) is 0 Å². The number of nitrogen functional groups attached to an aromatic ring is 2. The third-order valence-electron chi connectivity index (χ3n) is 7.44. The molecule has 0 radical (unpaired) electrons. The van der Waals surface area contributed by atoms with Gasteiger partial charge in [-0.15, -0.1) is 0 Å². The molecule has 2 fully saturated rings. The highest BCUT2D eigenvalue weighted by molar-refractivity contribution is 7.47. The number of hydrogen-bond acceptors (Lipinski definition) is 20. The van der Waals surface area contributed by atoms with Gasteiger partial charge in [-0.25, -0.2) is 19.1 Å². The molecule has 2 aliphatic heterocycles. The molecule has 0 aliphatic carbocycles. The first-order chi connectivity index (χ1) is 23.6. The number of phosphoric ester groups is 2. The van der Waals surface area contributed by atoms with Crippen molar-refractivity contribution >= 4 is 58.5 Å². The summed E-state index contributed by atoms with van der Waals surface area (Å²) in [4.78, 5) is 84.5. The van der Waals surface area contributed by atoms with Crippen molar-refractivity contribution < 1.29 is 65.9 Å².